The molecular weight excluding hydrogens is 500 g/mol. The van der Waals surface area contributed by atoms with E-state index >= 15 is 0 Å². The van der Waals surface area contributed by atoms with Crippen LogP contribution in [0.3, 0.4) is 0 Å². The molecule has 0 radical (unpaired) electrons. The highest BCUT2D eigenvalue weighted by Crippen LogP contribution is 2.64. The van der Waals surface area contributed by atoms with Gasteiger partial charge in [0.2, 0.25) is 0 Å². The van der Waals surface area contributed by atoms with Crippen LogP contribution in [0.15, 0.2) is 60.2 Å². The van der Waals surface area contributed by atoms with Crippen LogP contribution in [0.5, 0.6) is 5.75 Å². The summed E-state index contributed by atoms with van der Waals surface area (Å²) >= 11 is 0. The van der Waals surface area contributed by atoms with Gasteiger partial charge in [0.15, 0.2) is 5.78 Å². The zero-order valence-corrected chi connectivity index (χ0v) is 24.1. The Morgan fingerprint density at radius 3 is 2.80 bits per heavy atom. The van der Waals surface area contributed by atoms with Gasteiger partial charge in [-0.2, -0.15) is 0 Å². The molecule has 0 N–H and O–H groups in total. The molecule has 6 heteroatoms. The number of aromatic nitrogens is 2. The minimum absolute atomic E-state index is 0.0150. The third-order valence-corrected chi connectivity index (χ3v) is 10.6. The molecule has 212 valence electrons. The van der Waals surface area contributed by atoms with Crippen LogP contribution in [0.25, 0.3) is 6.08 Å². The SMILES string of the molecule is CC(=O)O[C@H]1CC[C@@]2(C)C(=CC[C@@H]3[C@@H]2CC[C@]2(C)C(=O)C(=Cc4cccc(OCCCn5ccnc5)c4)C[C@@H]32)C1. The number of carbonyl (C=O) groups excluding carboxylic acids is 2. The summed E-state index contributed by atoms with van der Waals surface area (Å²) in [5.41, 5.74) is 3.38. The van der Waals surface area contributed by atoms with E-state index in [0.29, 0.717) is 30.1 Å². The van der Waals surface area contributed by atoms with Crippen LogP contribution in [0, 0.1) is 28.6 Å². The lowest BCUT2D eigenvalue weighted by molar-refractivity contribution is -0.148. The van der Waals surface area contributed by atoms with Crippen LogP contribution in [0.1, 0.15) is 77.7 Å². The smallest absolute Gasteiger partial charge is 0.302 e. The van der Waals surface area contributed by atoms with Crippen LogP contribution < -0.4 is 4.74 Å². The van der Waals surface area contributed by atoms with Gasteiger partial charge in [0.05, 0.1) is 12.9 Å². The summed E-state index contributed by atoms with van der Waals surface area (Å²) < 4.78 is 13.7. The van der Waals surface area contributed by atoms with E-state index in [1.807, 2.05) is 24.7 Å². The van der Waals surface area contributed by atoms with Crippen LogP contribution in [-0.2, 0) is 20.9 Å². The number of fused-ring (bicyclic) bond motifs is 5. The molecule has 6 rings (SSSR count). The molecule has 3 fully saturated rings. The second-order valence-corrected chi connectivity index (χ2v) is 13.0. The van der Waals surface area contributed by atoms with Crippen molar-refractivity contribution in [2.24, 2.45) is 28.6 Å². The van der Waals surface area contributed by atoms with Crippen molar-refractivity contribution in [2.75, 3.05) is 6.61 Å². The molecule has 2 aromatic rings. The van der Waals surface area contributed by atoms with Gasteiger partial charge in [-0.25, -0.2) is 4.98 Å². The summed E-state index contributed by atoms with van der Waals surface area (Å²) in [6.07, 6.45) is 17.9. The number of carbonyl (C=O) groups is 2. The highest BCUT2D eigenvalue weighted by atomic mass is 16.5. The van der Waals surface area contributed by atoms with E-state index in [9.17, 15) is 9.59 Å². The van der Waals surface area contributed by atoms with Crippen molar-refractivity contribution in [3.8, 4) is 5.75 Å². The quantitative estimate of drug-likeness (QED) is 0.166. The second kappa shape index (κ2) is 10.7. The second-order valence-electron chi connectivity index (χ2n) is 13.0. The third-order valence-electron chi connectivity index (χ3n) is 10.6. The Labute approximate surface area is 237 Å². The number of rotatable bonds is 7. The fourth-order valence-electron chi connectivity index (χ4n) is 8.51. The molecule has 0 spiro atoms. The molecule has 1 heterocycles. The highest BCUT2D eigenvalue weighted by Gasteiger charge is 2.60. The summed E-state index contributed by atoms with van der Waals surface area (Å²) in [5.74, 6) is 2.52. The van der Waals surface area contributed by atoms with Gasteiger partial charge in [0, 0.05) is 37.7 Å². The monoisotopic (exact) mass is 542 g/mol. The first-order chi connectivity index (χ1) is 19.3. The Bertz CT molecular complexity index is 1330. The van der Waals surface area contributed by atoms with Crippen molar-refractivity contribution < 1.29 is 19.1 Å². The predicted molar refractivity (Wildman–Crippen MR) is 154 cm³/mol. The Morgan fingerprint density at radius 1 is 1.15 bits per heavy atom. The Kier molecular flexibility index (Phi) is 7.22. The number of imidazole rings is 1. The number of esters is 1. The standard InChI is InChI=1S/C34H42N2O4/c1-23(37)40-28-10-12-33(2)26(21-28)8-9-29-30(33)11-13-34(3)31(29)20-25(32(34)38)18-24-6-4-7-27(19-24)39-17-5-15-36-16-14-35-22-36/h4,6-8,14,16,18-19,22,28-31H,5,9-13,15,17,20-21H2,1-3H3/t28-,29+,30-,31-,33-,34-/m0/s1. The number of benzene rings is 1. The first-order valence-electron chi connectivity index (χ1n) is 15.1. The Balaban J connectivity index is 1.15. The first kappa shape index (κ1) is 27.0. The van der Waals surface area contributed by atoms with Gasteiger partial charge in [0.25, 0.3) is 0 Å². The van der Waals surface area contributed by atoms with Gasteiger partial charge in [-0.05, 0) is 97.5 Å². The van der Waals surface area contributed by atoms with Crippen LogP contribution in [-0.4, -0.2) is 34.0 Å². The van der Waals surface area contributed by atoms with Gasteiger partial charge in [0.1, 0.15) is 11.9 Å². The average Bonchev–Trinajstić information content (AvgIpc) is 3.53. The first-order valence-corrected chi connectivity index (χ1v) is 15.1. The molecule has 4 aliphatic rings. The van der Waals surface area contributed by atoms with Gasteiger partial charge >= 0.3 is 5.97 Å². The van der Waals surface area contributed by atoms with Crippen molar-refractivity contribution in [1.82, 2.24) is 9.55 Å². The molecule has 6 nitrogen and oxygen atoms in total. The van der Waals surface area contributed by atoms with Crippen molar-refractivity contribution in [3.05, 3.63) is 65.8 Å². The molecule has 6 atom stereocenters. The van der Waals surface area contributed by atoms with E-state index in [1.54, 1.807) is 6.20 Å². The van der Waals surface area contributed by atoms with Crippen molar-refractivity contribution >= 4 is 17.8 Å². The Morgan fingerprint density at radius 2 is 2.00 bits per heavy atom. The summed E-state index contributed by atoms with van der Waals surface area (Å²) in [7, 11) is 0. The molecule has 1 aromatic carbocycles. The number of hydrogen-bond donors (Lipinski definition) is 0. The largest absolute Gasteiger partial charge is 0.494 e. The lowest BCUT2D eigenvalue weighted by atomic mass is 9.48. The van der Waals surface area contributed by atoms with Crippen LogP contribution in [0.2, 0.25) is 0 Å². The van der Waals surface area contributed by atoms with Crippen molar-refractivity contribution in [3.63, 3.8) is 0 Å². The maximum absolute atomic E-state index is 13.9. The van der Waals surface area contributed by atoms with E-state index in [-0.39, 0.29) is 22.9 Å². The fourth-order valence-corrected chi connectivity index (χ4v) is 8.51. The lowest BCUT2D eigenvalue weighted by Crippen LogP contribution is -2.50. The van der Waals surface area contributed by atoms with Crippen molar-refractivity contribution in [1.29, 1.82) is 0 Å². The molecule has 0 amide bonds. The van der Waals surface area contributed by atoms with E-state index in [2.05, 4.69) is 47.7 Å². The molecule has 0 bridgehead atoms. The molecule has 0 aliphatic heterocycles. The van der Waals surface area contributed by atoms with Gasteiger partial charge < -0.3 is 14.0 Å². The van der Waals surface area contributed by atoms with Gasteiger partial charge in [-0.3, -0.25) is 9.59 Å². The fraction of sp³-hybridized carbons (Fsp3) is 0.559. The highest BCUT2D eigenvalue weighted by molar-refractivity contribution is 6.06. The topological polar surface area (TPSA) is 70.4 Å². The number of Topliss-reactive ketones (excluding diaryl/α,β-unsaturated/α-hetero) is 1. The third kappa shape index (κ3) is 4.95. The maximum atomic E-state index is 13.9. The summed E-state index contributed by atoms with van der Waals surface area (Å²) in [4.78, 5) is 29.5. The Hall–Kier alpha value is -3.15. The summed E-state index contributed by atoms with van der Waals surface area (Å²) in [5, 5.41) is 0. The lowest BCUT2D eigenvalue weighted by Gasteiger charge is -2.56. The molecule has 0 saturated heterocycles. The van der Waals surface area contributed by atoms with Gasteiger partial charge in [-0.15, -0.1) is 0 Å². The van der Waals surface area contributed by atoms with Crippen molar-refractivity contribution in [2.45, 2.75) is 84.8 Å². The zero-order chi connectivity index (χ0) is 27.9. The predicted octanol–water partition coefficient (Wildman–Crippen LogP) is 6.81. The number of ether oxygens (including phenoxy) is 2. The van der Waals surface area contributed by atoms with E-state index in [1.165, 1.54) is 12.5 Å². The van der Waals surface area contributed by atoms with Crippen LogP contribution in [0.4, 0.5) is 0 Å². The molecule has 1 aromatic heterocycles. The summed E-state index contributed by atoms with van der Waals surface area (Å²) in [6.45, 7) is 7.70. The van der Waals surface area contributed by atoms with Crippen LogP contribution >= 0.6 is 0 Å². The maximum Gasteiger partial charge on any atom is 0.302 e. The number of ketones is 1. The molecular formula is C34H42N2O4. The molecule has 4 aliphatic carbocycles. The van der Waals surface area contributed by atoms with Gasteiger partial charge in [-0.1, -0.05) is 37.6 Å². The minimum Gasteiger partial charge on any atom is -0.494 e. The number of hydrogen-bond acceptors (Lipinski definition) is 5. The normalized spacial score (nSPS) is 34.0. The number of nitrogens with zero attached hydrogens (tertiary/aromatic N) is 2. The minimum atomic E-state index is -0.273. The number of aryl methyl sites for hydroxylation is 1. The van der Waals surface area contributed by atoms with E-state index < -0.39 is 0 Å². The van der Waals surface area contributed by atoms with E-state index in [4.69, 9.17) is 9.47 Å². The molecule has 3 saturated carbocycles. The van der Waals surface area contributed by atoms with E-state index in [0.717, 1.165) is 74.8 Å². The zero-order valence-electron chi connectivity index (χ0n) is 24.1. The molecule has 0 unspecified atom stereocenters. The molecule has 40 heavy (non-hydrogen) atoms. The number of allylic oxidation sites excluding steroid dienone is 2. The summed E-state index contributed by atoms with van der Waals surface area (Å²) in [6, 6.07) is 8.14. The average molecular weight is 543 g/mol.